The average molecular weight is 471 g/mol. The highest BCUT2D eigenvalue weighted by molar-refractivity contribution is 7.89. The molecule has 1 heterocycles. The van der Waals surface area contributed by atoms with Crippen LogP contribution >= 0.6 is 23.2 Å². The predicted octanol–water partition coefficient (Wildman–Crippen LogP) is 2.97. The first-order valence-electron chi connectivity index (χ1n) is 7.94. The molecule has 0 unspecified atom stereocenters. The summed E-state index contributed by atoms with van der Waals surface area (Å²) in [4.78, 5) is -1.09. The van der Waals surface area contributed by atoms with E-state index in [0.29, 0.717) is 0 Å². The predicted molar refractivity (Wildman–Crippen MR) is 100 cm³/mol. The summed E-state index contributed by atoms with van der Waals surface area (Å²) in [6.07, 6.45) is 0. The first-order chi connectivity index (χ1) is 13.0. The van der Waals surface area contributed by atoms with Crippen LogP contribution < -0.4 is 0 Å². The Labute approximate surface area is 171 Å². The summed E-state index contributed by atoms with van der Waals surface area (Å²) in [7, 11) is -8.34. The molecule has 6 nitrogen and oxygen atoms in total. The first kappa shape index (κ1) is 21.4. The van der Waals surface area contributed by atoms with Gasteiger partial charge >= 0.3 is 0 Å². The Hall–Kier alpha value is -1.30. The van der Waals surface area contributed by atoms with Crippen LogP contribution in [0.2, 0.25) is 10.0 Å². The second kappa shape index (κ2) is 7.85. The van der Waals surface area contributed by atoms with E-state index in [1.807, 2.05) is 0 Å². The normalized spacial score (nSPS) is 17.0. The fourth-order valence-electron chi connectivity index (χ4n) is 2.80. The highest BCUT2D eigenvalue weighted by Gasteiger charge is 2.35. The Kier molecular flexibility index (Phi) is 6.00. The van der Waals surface area contributed by atoms with Gasteiger partial charge in [-0.25, -0.2) is 25.6 Å². The Morgan fingerprint density at radius 3 is 1.29 bits per heavy atom. The molecule has 2 aromatic carbocycles. The van der Waals surface area contributed by atoms with Crippen molar-refractivity contribution in [2.45, 2.75) is 9.79 Å². The van der Waals surface area contributed by atoms with Crippen LogP contribution in [0.1, 0.15) is 0 Å². The lowest BCUT2D eigenvalue weighted by molar-refractivity contribution is 0.271. The lowest BCUT2D eigenvalue weighted by atomic mass is 10.3. The van der Waals surface area contributed by atoms with E-state index in [1.165, 1.54) is 12.1 Å². The molecule has 0 N–H and O–H groups in total. The molecule has 0 saturated carbocycles. The van der Waals surface area contributed by atoms with E-state index in [9.17, 15) is 25.6 Å². The SMILES string of the molecule is O=S(=O)(c1ccc(Cl)cc1F)N1CCN(S(=O)(=O)c2ccc(Cl)cc2F)CC1. The van der Waals surface area contributed by atoms with E-state index < -0.39 is 41.5 Å². The minimum absolute atomic E-state index is 0.0531. The van der Waals surface area contributed by atoms with Crippen molar-refractivity contribution >= 4 is 43.2 Å². The molecule has 1 aliphatic heterocycles. The summed E-state index contributed by atoms with van der Waals surface area (Å²) in [6, 6.07) is 6.39. The molecule has 12 heteroatoms. The maximum atomic E-state index is 14.0. The largest absolute Gasteiger partial charge is 0.246 e. The number of sulfonamides is 2. The quantitative estimate of drug-likeness (QED) is 0.688. The summed E-state index contributed by atoms with van der Waals surface area (Å²) < 4.78 is 80.5. The second-order valence-corrected chi connectivity index (χ2v) is 10.6. The van der Waals surface area contributed by atoms with Gasteiger partial charge in [0.05, 0.1) is 0 Å². The molecule has 1 saturated heterocycles. The molecule has 0 spiro atoms. The summed E-state index contributed by atoms with van der Waals surface area (Å²) >= 11 is 11.3. The maximum absolute atomic E-state index is 14.0. The third-order valence-electron chi connectivity index (χ3n) is 4.22. The van der Waals surface area contributed by atoms with Gasteiger partial charge in [0.2, 0.25) is 20.0 Å². The van der Waals surface area contributed by atoms with Gasteiger partial charge in [0.1, 0.15) is 21.4 Å². The van der Waals surface area contributed by atoms with Gasteiger partial charge in [-0.05, 0) is 36.4 Å². The van der Waals surface area contributed by atoms with Crippen molar-refractivity contribution in [1.29, 1.82) is 0 Å². The molecule has 3 rings (SSSR count). The van der Waals surface area contributed by atoms with E-state index in [2.05, 4.69) is 0 Å². The number of halogens is 4. The van der Waals surface area contributed by atoms with E-state index in [0.717, 1.165) is 32.9 Å². The van der Waals surface area contributed by atoms with Crippen molar-refractivity contribution in [1.82, 2.24) is 8.61 Å². The van der Waals surface area contributed by atoms with Gasteiger partial charge in [0, 0.05) is 36.2 Å². The van der Waals surface area contributed by atoms with Gasteiger partial charge in [-0.1, -0.05) is 23.2 Å². The van der Waals surface area contributed by atoms with Crippen molar-refractivity contribution in [2.24, 2.45) is 0 Å². The highest BCUT2D eigenvalue weighted by atomic mass is 35.5. The molecule has 0 aromatic heterocycles. The van der Waals surface area contributed by atoms with Gasteiger partial charge < -0.3 is 0 Å². The summed E-state index contributed by atoms with van der Waals surface area (Å²) in [5, 5.41) is 0.106. The van der Waals surface area contributed by atoms with Crippen LogP contribution in [0.15, 0.2) is 46.2 Å². The highest BCUT2D eigenvalue weighted by Crippen LogP contribution is 2.26. The third kappa shape index (κ3) is 4.03. The van der Waals surface area contributed by atoms with Crippen LogP contribution in [0.4, 0.5) is 8.78 Å². The van der Waals surface area contributed by atoms with E-state index in [4.69, 9.17) is 23.2 Å². The molecular formula is C16H14Cl2F2N2O4S2. The molecule has 1 aliphatic rings. The van der Waals surface area contributed by atoms with Gasteiger partial charge in [-0.2, -0.15) is 8.61 Å². The van der Waals surface area contributed by atoms with Crippen molar-refractivity contribution < 1.29 is 25.6 Å². The molecular weight excluding hydrogens is 457 g/mol. The van der Waals surface area contributed by atoms with Gasteiger partial charge in [0.25, 0.3) is 0 Å². The third-order valence-corrected chi connectivity index (χ3v) is 8.56. The lowest BCUT2D eigenvalue weighted by Crippen LogP contribution is -2.50. The van der Waals surface area contributed by atoms with Crippen LogP contribution in [0.5, 0.6) is 0 Å². The zero-order valence-corrected chi connectivity index (χ0v) is 17.3. The molecule has 2 aromatic rings. The van der Waals surface area contributed by atoms with E-state index in [1.54, 1.807) is 0 Å². The average Bonchev–Trinajstić information content (AvgIpc) is 2.61. The van der Waals surface area contributed by atoms with Crippen LogP contribution in [-0.2, 0) is 20.0 Å². The van der Waals surface area contributed by atoms with Crippen molar-refractivity contribution in [3.05, 3.63) is 58.1 Å². The van der Waals surface area contributed by atoms with Crippen LogP contribution in [0.3, 0.4) is 0 Å². The molecule has 28 heavy (non-hydrogen) atoms. The minimum Gasteiger partial charge on any atom is -0.207 e. The molecule has 152 valence electrons. The molecule has 0 atom stereocenters. The van der Waals surface area contributed by atoms with Crippen LogP contribution in [0, 0.1) is 11.6 Å². The molecule has 0 aliphatic carbocycles. The van der Waals surface area contributed by atoms with Crippen molar-refractivity contribution in [3.63, 3.8) is 0 Å². The van der Waals surface area contributed by atoms with Crippen LogP contribution in [-0.4, -0.2) is 51.6 Å². The number of hydrogen-bond acceptors (Lipinski definition) is 4. The zero-order valence-electron chi connectivity index (χ0n) is 14.1. The Bertz CT molecular complexity index is 1030. The minimum atomic E-state index is -4.17. The van der Waals surface area contributed by atoms with Crippen LogP contribution in [0.25, 0.3) is 0 Å². The van der Waals surface area contributed by atoms with Gasteiger partial charge in [-0.3, -0.25) is 0 Å². The summed E-state index contributed by atoms with van der Waals surface area (Å²) in [6.45, 7) is -0.838. The molecule has 0 radical (unpaired) electrons. The Morgan fingerprint density at radius 2 is 1.00 bits per heavy atom. The summed E-state index contributed by atoms with van der Waals surface area (Å²) in [5.74, 6) is -1.99. The fraction of sp³-hybridized carbons (Fsp3) is 0.250. The molecule has 0 bridgehead atoms. The standard InChI is InChI=1S/C16H14Cl2F2N2O4S2/c17-11-1-3-15(13(19)9-11)27(23,24)21-5-7-22(8-6-21)28(25,26)16-4-2-12(18)10-14(16)20/h1-4,9-10H,5-8H2. The zero-order chi connectivity index (χ0) is 20.7. The van der Waals surface area contributed by atoms with E-state index in [-0.39, 0.29) is 36.2 Å². The number of hydrogen-bond donors (Lipinski definition) is 0. The first-order valence-corrected chi connectivity index (χ1v) is 11.6. The van der Waals surface area contributed by atoms with Gasteiger partial charge in [0.15, 0.2) is 0 Å². The fourth-order valence-corrected chi connectivity index (χ4v) is 6.05. The number of rotatable bonds is 4. The Morgan fingerprint density at radius 1 is 0.679 bits per heavy atom. The lowest BCUT2D eigenvalue weighted by Gasteiger charge is -2.33. The van der Waals surface area contributed by atoms with Crippen molar-refractivity contribution in [2.75, 3.05) is 26.2 Å². The number of benzene rings is 2. The molecule has 1 fully saturated rings. The second-order valence-electron chi connectivity index (χ2n) is 5.96. The molecule has 0 amide bonds. The topological polar surface area (TPSA) is 74.8 Å². The number of nitrogens with zero attached hydrogens (tertiary/aromatic N) is 2. The maximum Gasteiger partial charge on any atom is 0.246 e. The smallest absolute Gasteiger partial charge is 0.207 e. The Balaban J connectivity index is 1.80. The summed E-state index contributed by atoms with van der Waals surface area (Å²) in [5.41, 5.74) is 0. The number of piperazine rings is 1. The van der Waals surface area contributed by atoms with Gasteiger partial charge in [-0.15, -0.1) is 0 Å². The monoisotopic (exact) mass is 470 g/mol. The van der Waals surface area contributed by atoms with Crippen molar-refractivity contribution in [3.8, 4) is 0 Å². The van der Waals surface area contributed by atoms with E-state index >= 15 is 0 Å².